The van der Waals surface area contributed by atoms with Crippen LogP contribution in [-0.2, 0) is 21.5 Å². The zero-order valence-corrected chi connectivity index (χ0v) is 15.0. The Bertz CT molecular complexity index is 985. The molecule has 3 aromatic carbocycles. The standard InChI is InChI=1S/C23H19NO3/c1-23(22(26)27-18-12-6-3-7-13-18)19-14-8-9-15-20(19)24(21(23)25)16-17-10-4-2-5-11-17/h2-15H,16H2,1H3/t23-/m0/s1. The van der Waals surface area contributed by atoms with Gasteiger partial charge in [0.25, 0.3) is 0 Å². The maximum Gasteiger partial charge on any atom is 0.331 e. The summed E-state index contributed by atoms with van der Waals surface area (Å²) < 4.78 is 5.54. The number of carbonyl (C=O) groups is 2. The van der Waals surface area contributed by atoms with E-state index in [-0.39, 0.29) is 5.91 Å². The number of ether oxygens (including phenoxy) is 1. The summed E-state index contributed by atoms with van der Waals surface area (Å²) in [5.74, 6) is -0.411. The van der Waals surface area contributed by atoms with Crippen molar-refractivity contribution in [2.45, 2.75) is 18.9 Å². The van der Waals surface area contributed by atoms with Gasteiger partial charge in [0.1, 0.15) is 5.75 Å². The zero-order chi connectivity index (χ0) is 18.9. The summed E-state index contributed by atoms with van der Waals surface area (Å²) in [7, 11) is 0. The second-order valence-electron chi connectivity index (χ2n) is 6.72. The molecule has 0 radical (unpaired) electrons. The van der Waals surface area contributed by atoms with Gasteiger partial charge in [-0.3, -0.25) is 9.59 Å². The van der Waals surface area contributed by atoms with Gasteiger partial charge in [0, 0.05) is 11.3 Å². The van der Waals surface area contributed by atoms with Crippen molar-refractivity contribution in [1.29, 1.82) is 0 Å². The number of anilines is 1. The van der Waals surface area contributed by atoms with Crippen LogP contribution in [0.2, 0.25) is 0 Å². The van der Waals surface area contributed by atoms with Crippen molar-refractivity contribution in [1.82, 2.24) is 0 Å². The molecule has 0 unspecified atom stereocenters. The first-order valence-electron chi connectivity index (χ1n) is 8.83. The third-order valence-electron chi connectivity index (χ3n) is 4.95. The lowest BCUT2D eigenvalue weighted by Gasteiger charge is -2.22. The van der Waals surface area contributed by atoms with Crippen molar-refractivity contribution in [3.63, 3.8) is 0 Å². The number of fused-ring (bicyclic) bond motifs is 1. The monoisotopic (exact) mass is 357 g/mol. The highest BCUT2D eigenvalue weighted by molar-refractivity contribution is 6.20. The molecule has 4 rings (SSSR count). The molecule has 1 atom stereocenters. The lowest BCUT2D eigenvalue weighted by Crippen LogP contribution is -2.45. The van der Waals surface area contributed by atoms with Crippen LogP contribution < -0.4 is 9.64 Å². The Balaban J connectivity index is 1.71. The zero-order valence-electron chi connectivity index (χ0n) is 15.0. The predicted molar refractivity (Wildman–Crippen MR) is 104 cm³/mol. The first kappa shape index (κ1) is 17.0. The molecule has 1 amide bonds. The van der Waals surface area contributed by atoms with Crippen LogP contribution in [0.25, 0.3) is 0 Å². The maximum atomic E-state index is 13.3. The molecule has 27 heavy (non-hydrogen) atoms. The first-order valence-corrected chi connectivity index (χ1v) is 8.83. The summed E-state index contributed by atoms with van der Waals surface area (Å²) in [6, 6.07) is 26.0. The van der Waals surface area contributed by atoms with Crippen molar-refractivity contribution in [2.24, 2.45) is 0 Å². The van der Waals surface area contributed by atoms with E-state index in [9.17, 15) is 9.59 Å². The van der Waals surface area contributed by atoms with Gasteiger partial charge < -0.3 is 9.64 Å². The Hall–Kier alpha value is -3.40. The number of hydrogen-bond acceptors (Lipinski definition) is 3. The summed E-state index contributed by atoms with van der Waals surface area (Å²) in [6.45, 7) is 2.05. The second-order valence-corrected chi connectivity index (χ2v) is 6.72. The van der Waals surface area contributed by atoms with Gasteiger partial charge in [-0.1, -0.05) is 66.7 Å². The summed E-state index contributed by atoms with van der Waals surface area (Å²) in [6.07, 6.45) is 0. The van der Waals surface area contributed by atoms with Gasteiger partial charge in [0.15, 0.2) is 5.41 Å². The molecule has 134 valence electrons. The van der Waals surface area contributed by atoms with Crippen LogP contribution in [0.4, 0.5) is 5.69 Å². The average molecular weight is 357 g/mol. The Labute approximate surface area is 158 Å². The van der Waals surface area contributed by atoms with Gasteiger partial charge in [-0.15, -0.1) is 0 Å². The molecule has 0 saturated heterocycles. The molecule has 4 heteroatoms. The van der Waals surface area contributed by atoms with E-state index in [4.69, 9.17) is 4.74 Å². The van der Waals surface area contributed by atoms with E-state index in [0.29, 0.717) is 17.9 Å². The number of hydrogen-bond donors (Lipinski definition) is 0. The van der Waals surface area contributed by atoms with Crippen LogP contribution in [0.3, 0.4) is 0 Å². The molecular formula is C23H19NO3. The molecule has 3 aromatic rings. The molecule has 0 spiro atoms. The largest absolute Gasteiger partial charge is 0.425 e. The topological polar surface area (TPSA) is 46.6 Å². The molecule has 0 saturated carbocycles. The number of esters is 1. The smallest absolute Gasteiger partial charge is 0.331 e. The minimum Gasteiger partial charge on any atom is -0.425 e. The molecule has 0 aromatic heterocycles. The minimum absolute atomic E-state index is 0.270. The first-order chi connectivity index (χ1) is 13.1. The lowest BCUT2D eigenvalue weighted by molar-refractivity contribution is -0.145. The number of amides is 1. The number of nitrogens with zero attached hydrogens (tertiary/aromatic N) is 1. The molecule has 1 aliphatic rings. The van der Waals surface area contributed by atoms with Crippen LogP contribution in [-0.4, -0.2) is 11.9 Å². The Morgan fingerprint density at radius 2 is 1.48 bits per heavy atom. The highest BCUT2D eigenvalue weighted by atomic mass is 16.5. The summed E-state index contributed by atoms with van der Waals surface area (Å²) in [5, 5.41) is 0. The molecule has 0 fully saturated rings. The fraction of sp³-hybridized carbons (Fsp3) is 0.130. The van der Waals surface area contributed by atoms with E-state index < -0.39 is 11.4 Å². The summed E-state index contributed by atoms with van der Waals surface area (Å²) >= 11 is 0. The maximum absolute atomic E-state index is 13.3. The van der Waals surface area contributed by atoms with E-state index in [1.807, 2.05) is 60.7 Å². The molecule has 0 N–H and O–H groups in total. The molecule has 0 bridgehead atoms. The van der Waals surface area contributed by atoms with Crippen LogP contribution in [0, 0.1) is 0 Å². The van der Waals surface area contributed by atoms with Gasteiger partial charge in [-0.05, 0) is 30.7 Å². The Morgan fingerprint density at radius 1 is 0.889 bits per heavy atom. The van der Waals surface area contributed by atoms with E-state index in [2.05, 4.69) is 0 Å². The van der Waals surface area contributed by atoms with Crippen LogP contribution in [0.5, 0.6) is 5.75 Å². The minimum atomic E-state index is -1.37. The van der Waals surface area contributed by atoms with Crippen LogP contribution in [0.1, 0.15) is 18.1 Å². The predicted octanol–water partition coefficient (Wildman–Crippen LogP) is 4.10. The van der Waals surface area contributed by atoms with E-state index in [0.717, 1.165) is 11.3 Å². The fourth-order valence-corrected chi connectivity index (χ4v) is 3.44. The van der Waals surface area contributed by atoms with Crippen molar-refractivity contribution in [3.05, 3.63) is 96.1 Å². The highest BCUT2D eigenvalue weighted by Gasteiger charge is 2.54. The van der Waals surface area contributed by atoms with Crippen molar-refractivity contribution in [3.8, 4) is 5.75 Å². The number of carbonyl (C=O) groups excluding carboxylic acids is 2. The van der Waals surface area contributed by atoms with Crippen LogP contribution >= 0.6 is 0 Å². The molecule has 1 aliphatic heterocycles. The van der Waals surface area contributed by atoms with Gasteiger partial charge in [0.2, 0.25) is 5.91 Å². The van der Waals surface area contributed by atoms with Gasteiger partial charge in [0.05, 0.1) is 6.54 Å². The van der Waals surface area contributed by atoms with Crippen LogP contribution in [0.15, 0.2) is 84.9 Å². The molecule has 0 aliphatic carbocycles. The van der Waals surface area contributed by atoms with Crippen molar-refractivity contribution >= 4 is 17.6 Å². The van der Waals surface area contributed by atoms with E-state index in [1.165, 1.54) is 0 Å². The van der Waals surface area contributed by atoms with Crippen molar-refractivity contribution in [2.75, 3.05) is 4.90 Å². The van der Waals surface area contributed by atoms with E-state index >= 15 is 0 Å². The fourth-order valence-electron chi connectivity index (χ4n) is 3.44. The van der Waals surface area contributed by atoms with E-state index in [1.54, 1.807) is 36.1 Å². The highest BCUT2D eigenvalue weighted by Crippen LogP contribution is 2.43. The number of rotatable bonds is 4. The Morgan fingerprint density at radius 3 is 2.19 bits per heavy atom. The SMILES string of the molecule is C[C@@]1(C(=O)Oc2ccccc2)C(=O)N(Cc2ccccc2)c2ccccc21. The van der Waals surface area contributed by atoms with Gasteiger partial charge >= 0.3 is 5.97 Å². The normalized spacial score (nSPS) is 18.3. The Kier molecular flexibility index (Phi) is 4.24. The van der Waals surface area contributed by atoms with Gasteiger partial charge in [-0.2, -0.15) is 0 Å². The number of para-hydroxylation sites is 2. The summed E-state index contributed by atoms with van der Waals surface area (Å²) in [5.41, 5.74) is 1.05. The van der Waals surface area contributed by atoms with Gasteiger partial charge in [-0.25, -0.2) is 0 Å². The average Bonchev–Trinajstić information content (AvgIpc) is 2.93. The molecular weight excluding hydrogens is 338 g/mol. The lowest BCUT2D eigenvalue weighted by atomic mass is 9.84. The quantitative estimate of drug-likeness (QED) is 0.401. The number of benzene rings is 3. The summed E-state index contributed by atoms with van der Waals surface area (Å²) in [4.78, 5) is 28.0. The molecule has 4 nitrogen and oxygen atoms in total. The molecule has 1 heterocycles. The third-order valence-corrected chi connectivity index (χ3v) is 4.95. The second kappa shape index (κ2) is 6.72. The van der Waals surface area contributed by atoms with Crippen molar-refractivity contribution < 1.29 is 14.3 Å². The third kappa shape index (κ3) is 2.89.